The Morgan fingerprint density at radius 1 is 1.17 bits per heavy atom. The van der Waals surface area contributed by atoms with Crippen LogP contribution in [-0.4, -0.2) is 30.7 Å². The van der Waals surface area contributed by atoms with E-state index in [2.05, 4.69) is 24.6 Å². The molecule has 0 aromatic carbocycles. The first-order valence-corrected chi connectivity index (χ1v) is 8.32. The molecule has 4 aromatic rings. The highest BCUT2D eigenvalue weighted by atomic mass is 19.4. The molecule has 0 aliphatic rings. The predicted molar refractivity (Wildman–Crippen MR) is 95.7 cm³/mol. The van der Waals surface area contributed by atoms with Gasteiger partial charge in [-0.15, -0.1) is 0 Å². The highest BCUT2D eigenvalue weighted by Crippen LogP contribution is 2.31. The summed E-state index contributed by atoms with van der Waals surface area (Å²) in [6.45, 7) is 3.62. The van der Waals surface area contributed by atoms with Crippen LogP contribution in [0.1, 0.15) is 17.1 Å². The van der Waals surface area contributed by atoms with Crippen molar-refractivity contribution in [2.24, 2.45) is 5.73 Å². The summed E-state index contributed by atoms with van der Waals surface area (Å²) in [5.74, 6) is -1.64. The molecule has 0 aliphatic heterocycles. The first-order valence-electron chi connectivity index (χ1n) is 8.32. The average molecular weight is 402 g/mol. The number of fused-ring (bicyclic) bond motifs is 1. The largest absolute Gasteiger partial charge is 0.471 e. The minimum absolute atomic E-state index is 0.214. The van der Waals surface area contributed by atoms with Gasteiger partial charge in [0.1, 0.15) is 0 Å². The number of halogens is 3. The Morgan fingerprint density at radius 3 is 2.55 bits per heavy atom. The van der Waals surface area contributed by atoms with Crippen LogP contribution in [0.2, 0.25) is 0 Å². The second-order valence-electron chi connectivity index (χ2n) is 6.32. The summed E-state index contributed by atoms with van der Waals surface area (Å²) in [4.78, 5) is 23.6. The highest BCUT2D eigenvalue weighted by Gasteiger charge is 2.38. The lowest BCUT2D eigenvalue weighted by Gasteiger charge is -2.04. The fourth-order valence-corrected chi connectivity index (χ4v) is 3.06. The van der Waals surface area contributed by atoms with Gasteiger partial charge in [0.15, 0.2) is 0 Å². The monoisotopic (exact) mass is 402 g/mol. The molecule has 0 bridgehead atoms. The van der Waals surface area contributed by atoms with E-state index in [1.807, 2.05) is 6.92 Å². The number of rotatable bonds is 2. The van der Waals surface area contributed by atoms with Crippen molar-refractivity contribution >= 4 is 16.9 Å². The number of hydrogen-bond donors (Lipinski definition) is 1. The van der Waals surface area contributed by atoms with Gasteiger partial charge in [0.2, 0.25) is 5.82 Å². The van der Waals surface area contributed by atoms with Gasteiger partial charge >= 0.3 is 18.1 Å². The highest BCUT2D eigenvalue weighted by molar-refractivity contribution is 5.95. The van der Waals surface area contributed by atoms with Gasteiger partial charge in [-0.3, -0.25) is 14.5 Å². The number of hydrogen-bond acceptors (Lipinski definition) is 6. The molecule has 0 fully saturated rings. The molecule has 0 unspecified atom stereocenters. The Hall–Kier alpha value is -3.76. The number of amides is 1. The number of carbonyl (C=O) groups is 1. The SMILES string of the molecule is Cc1c(C)n(C(N)=O)c2cnc(-c3cc(-c4noc(C(F)(F)F)n4)ccn3)cc12. The van der Waals surface area contributed by atoms with Gasteiger partial charge < -0.3 is 10.3 Å². The molecule has 4 rings (SSSR count). The number of primary amides is 1. The van der Waals surface area contributed by atoms with Crippen LogP contribution >= 0.6 is 0 Å². The number of alkyl halides is 3. The molecular weight excluding hydrogens is 389 g/mol. The second-order valence-corrected chi connectivity index (χ2v) is 6.32. The predicted octanol–water partition coefficient (Wildman–Crippen LogP) is 3.71. The molecule has 4 aromatic heterocycles. The number of nitrogens with zero attached hydrogens (tertiary/aromatic N) is 5. The zero-order valence-corrected chi connectivity index (χ0v) is 15.2. The number of aryl methyl sites for hydroxylation is 1. The molecule has 0 aliphatic carbocycles. The lowest BCUT2D eigenvalue weighted by atomic mass is 10.1. The van der Waals surface area contributed by atoms with Crippen molar-refractivity contribution in [3.63, 3.8) is 0 Å². The molecule has 0 saturated heterocycles. The lowest BCUT2D eigenvalue weighted by molar-refractivity contribution is -0.159. The third-order valence-electron chi connectivity index (χ3n) is 4.58. The quantitative estimate of drug-likeness (QED) is 0.547. The summed E-state index contributed by atoms with van der Waals surface area (Å²) in [5, 5.41) is 4.14. The van der Waals surface area contributed by atoms with Crippen molar-refractivity contribution in [1.82, 2.24) is 24.7 Å². The maximum absolute atomic E-state index is 12.7. The van der Waals surface area contributed by atoms with E-state index < -0.39 is 18.1 Å². The number of pyridine rings is 2. The van der Waals surface area contributed by atoms with Crippen LogP contribution in [0.4, 0.5) is 18.0 Å². The van der Waals surface area contributed by atoms with E-state index >= 15 is 0 Å². The second kappa shape index (κ2) is 6.40. The van der Waals surface area contributed by atoms with E-state index in [4.69, 9.17) is 5.73 Å². The van der Waals surface area contributed by atoms with Crippen LogP contribution in [0.15, 0.2) is 35.1 Å². The minimum Gasteiger partial charge on any atom is -0.351 e. The van der Waals surface area contributed by atoms with Crippen molar-refractivity contribution < 1.29 is 22.5 Å². The minimum atomic E-state index is -4.73. The van der Waals surface area contributed by atoms with E-state index in [1.165, 1.54) is 29.1 Å². The summed E-state index contributed by atoms with van der Waals surface area (Å²) in [7, 11) is 0. The maximum Gasteiger partial charge on any atom is 0.471 e. The molecule has 4 heterocycles. The van der Waals surface area contributed by atoms with Crippen LogP contribution in [0, 0.1) is 13.8 Å². The van der Waals surface area contributed by atoms with Crippen LogP contribution < -0.4 is 5.73 Å². The Labute approximate surface area is 161 Å². The first-order chi connectivity index (χ1) is 13.7. The van der Waals surface area contributed by atoms with E-state index in [0.717, 1.165) is 10.9 Å². The van der Waals surface area contributed by atoms with E-state index in [9.17, 15) is 18.0 Å². The van der Waals surface area contributed by atoms with E-state index in [0.29, 0.717) is 28.2 Å². The fraction of sp³-hybridized carbons (Fsp3) is 0.167. The first kappa shape index (κ1) is 18.6. The summed E-state index contributed by atoms with van der Waals surface area (Å²) in [5.41, 5.74) is 8.69. The molecule has 8 nitrogen and oxygen atoms in total. The summed E-state index contributed by atoms with van der Waals surface area (Å²) in [6, 6.07) is 4.09. The van der Waals surface area contributed by atoms with Gasteiger partial charge in [-0.2, -0.15) is 18.2 Å². The number of nitrogens with two attached hydrogens (primary N) is 1. The van der Waals surface area contributed by atoms with Gasteiger partial charge in [0, 0.05) is 22.8 Å². The average Bonchev–Trinajstić information content (AvgIpc) is 3.26. The Bertz CT molecular complexity index is 1260. The smallest absolute Gasteiger partial charge is 0.351 e. The molecular formula is C18H13F3N6O2. The van der Waals surface area contributed by atoms with Gasteiger partial charge in [-0.05, 0) is 37.6 Å². The molecule has 0 spiro atoms. The third-order valence-corrected chi connectivity index (χ3v) is 4.58. The Balaban J connectivity index is 1.79. The normalized spacial score (nSPS) is 11.9. The molecule has 0 radical (unpaired) electrons. The molecule has 2 N–H and O–H groups in total. The van der Waals surface area contributed by atoms with E-state index in [1.54, 1.807) is 13.0 Å². The van der Waals surface area contributed by atoms with Crippen LogP contribution in [0.5, 0.6) is 0 Å². The third kappa shape index (κ3) is 3.10. The summed E-state index contributed by atoms with van der Waals surface area (Å²) >= 11 is 0. The fourth-order valence-electron chi connectivity index (χ4n) is 3.06. The lowest BCUT2D eigenvalue weighted by Crippen LogP contribution is -2.20. The molecule has 11 heteroatoms. The van der Waals surface area contributed by atoms with Crippen molar-refractivity contribution in [2.45, 2.75) is 20.0 Å². The Morgan fingerprint density at radius 2 is 1.90 bits per heavy atom. The Kier molecular flexibility index (Phi) is 4.10. The van der Waals surface area contributed by atoms with Gasteiger partial charge in [-0.25, -0.2) is 4.79 Å². The van der Waals surface area contributed by atoms with Crippen molar-refractivity contribution in [2.75, 3.05) is 0 Å². The number of aromatic nitrogens is 5. The zero-order chi connectivity index (χ0) is 20.9. The standard InChI is InChI=1S/C18H13F3N6O2/c1-8-9(2)27(17(22)28)14-7-24-13(6-11(8)14)12-5-10(3-4-23-12)15-25-16(29-26-15)18(19,20)21/h3-7H,1-2H3,(H2,22,28). The van der Waals surface area contributed by atoms with Gasteiger partial charge in [0.05, 0.1) is 23.1 Å². The van der Waals surface area contributed by atoms with Crippen molar-refractivity contribution in [1.29, 1.82) is 0 Å². The summed E-state index contributed by atoms with van der Waals surface area (Å²) in [6.07, 6.45) is -1.82. The van der Waals surface area contributed by atoms with Crippen LogP contribution in [0.25, 0.3) is 33.7 Å². The molecule has 0 atom stereocenters. The van der Waals surface area contributed by atoms with Crippen LogP contribution in [-0.2, 0) is 6.18 Å². The maximum atomic E-state index is 12.7. The van der Waals surface area contributed by atoms with Crippen molar-refractivity contribution in [3.05, 3.63) is 47.7 Å². The van der Waals surface area contributed by atoms with Crippen LogP contribution in [0.3, 0.4) is 0 Å². The van der Waals surface area contributed by atoms with Gasteiger partial charge in [-0.1, -0.05) is 5.16 Å². The molecule has 0 saturated carbocycles. The van der Waals surface area contributed by atoms with Gasteiger partial charge in [0.25, 0.3) is 0 Å². The van der Waals surface area contributed by atoms with Crippen molar-refractivity contribution in [3.8, 4) is 22.8 Å². The molecule has 1 amide bonds. The molecule has 29 heavy (non-hydrogen) atoms. The van der Waals surface area contributed by atoms with E-state index in [-0.39, 0.29) is 5.82 Å². The number of carbonyl (C=O) groups excluding carboxylic acids is 1. The summed E-state index contributed by atoms with van der Waals surface area (Å²) < 4.78 is 43.7. The molecule has 148 valence electrons. The zero-order valence-electron chi connectivity index (χ0n) is 15.2. The topological polar surface area (TPSA) is 113 Å².